The van der Waals surface area contributed by atoms with E-state index in [0.717, 1.165) is 0 Å². The number of furan rings is 1. The summed E-state index contributed by atoms with van der Waals surface area (Å²) in [6, 6.07) is 3.40. The Morgan fingerprint density at radius 1 is 1.42 bits per heavy atom. The predicted molar refractivity (Wildman–Crippen MR) is 87.4 cm³/mol. The van der Waals surface area contributed by atoms with Crippen molar-refractivity contribution in [2.45, 2.75) is 19.0 Å². The summed E-state index contributed by atoms with van der Waals surface area (Å²) in [6.07, 6.45) is 4.97. The van der Waals surface area contributed by atoms with Crippen LogP contribution in [0.2, 0.25) is 0 Å². The van der Waals surface area contributed by atoms with Crippen LogP contribution in [0.15, 0.2) is 35.2 Å². The minimum absolute atomic E-state index is 0.108. The van der Waals surface area contributed by atoms with Gasteiger partial charge in [0.15, 0.2) is 9.84 Å². The van der Waals surface area contributed by atoms with Gasteiger partial charge in [0.1, 0.15) is 17.3 Å². The van der Waals surface area contributed by atoms with Crippen molar-refractivity contribution in [2.24, 2.45) is 0 Å². The van der Waals surface area contributed by atoms with Crippen LogP contribution < -0.4 is 10.2 Å². The first-order valence-corrected chi connectivity index (χ1v) is 9.32. The minimum atomic E-state index is -2.96. The summed E-state index contributed by atoms with van der Waals surface area (Å²) in [5.74, 6) is 1.16. The summed E-state index contributed by atoms with van der Waals surface area (Å²) in [7, 11) is -1.18. The zero-order valence-electron chi connectivity index (χ0n) is 13.2. The lowest BCUT2D eigenvalue weighted by molar-refractivity contribution is 0.0942. The lowest BCUT2D eigenvalue weighted by Crippen LogP contribution is -2.33. The van der Waals surface area contributed by atoms with Crippen LogP contribution in [0.3, 0.4) is 0 Å². The standard InChI is InChI=1S/C15H18N4O4S/c1-19(11-4-6-24(21,22)10-11)14-9-16-13(8-17-14)15(20)18-7-12-3-2-5-23-12/h2-3,5,8-9,11H,4,6-7,10H2,1H3,(H,18,20). The maximum absolute atomic E-state index is 12.0. The lowest BCUT2D eigenvalue weighted by atomic mass is 10.2. The number of nitrogens with zero attached hydrogens (tertiary/aromatic N) is 3. The highest BCUT2D eigenvalue weighted by Gasteiger charge is 2.31. The van der Waals surface area contributed by atoms with Crippen molar-refractivity contribution in [1.82, 2.24) is 15.3 Å². The van der Waals surface area contributed by atoms with Crippen molar-refractivity contribution in [3.63, 3.8) is 0 Å². The average molecular weight is 350 g/mol. The number of amides is 1. The van der Waals surface area contributed by atoms with E-state index in [-0.39, 0.29) is 35.7 Å². The molecule has 1 amide bonds. The summed E-state index contributed by atoms with van der Waals surface area (Å²) in [6.45, 7) is 0.273. The molecule has 1 aliphatic rings. The van der Waals surface area contributed by atoms with Crippen LogP contribution in [-0.4, -0.2) is 48.9 Å². The number of carbonyl (C=O) groups excluding carboxylic acids is 1. The Morgan fingerprint density at radius 3 is 2.83 bits per heavy atom. The van der Waals surface area contributed by atoms with Crippen LogP contribution >= 0.6 is 0 Å². The first kappa shape index (κ1) is 16.4. The minimum Gasteiger partial charge on any atom is -0.467 e. The first-order valence-electron chi connectivity index (χ1n) is 7.50. The van der Waals surface area contributed by atoms with Gasteiger partial charge in [-0.15, -0.1) is 0 Å². The Balaban J connectivity index is 1.61. The molecule has 0 radical (unpaired) electrons. The summed E-state index contributed by atoms with van der Waals surface area (Å²) in [5.41, 5.74) is 0.192. The number of aromatic nitrogens is 2. The van der Waals surface area contributed by atoms with E-state index < -0.39 is 9.84 Å². The van der Waals surface area contributed by atoms with Crippen molar-refractivity contribution in [2.75, 3.05) is 23.5 Å². The maximum Gasteiger partial charge on any atom is 0.271 e. The Morgan fingerprint density at radius 2 is 2.25 bits per heavy atom. The monoisotopic (exact) mass is 350 g/mol. The molecule has 1 unspecified atom stereocenters. The van der Waals surface area contributed by atoms with Crippen molar-refractivity contribution in [1.29, 1.82) is 0 Å². The largest absolute Gasteiger partial charge is 0.467 e. The molecule has 1 fully saturated rings. The van der Waals surface area contributed by atoms with Crippen LogP contribution in [0.25, 0.3) is 0 Å². The van der Waals surface area contributed by atoms with Crippen molar-refractivity contribution >= 4 is 21.6 Å². The Kier molecular flexibility index (Phi) is 4.52. The molecule has 1 N–H and O–H groups in total. The number of hydrogen-bond acceptors (Lipinski definition) is 7. The first-order chi connectivity index (χ1) is 11.4. The van der Waals surface area contributed by atoms with Crippen molar-refractivity contribution in [3.05, 3.63) is 42.2 Å². The van der Waals surface area contributed by atoms with Gasteiger partial charge in [0.05, 0.1) is 36.7 Å². The average Bonchev–Trinajstić information content (AvgIpc) is 3.21. The molecule has 1 saturated heterocycles. The zero-order chi connectivity index (χ0) is 17.2. The van der Waals surface area contributed by atoms with Crippen LogP contribution in [-0.2, 0) is 16.4 Å². The Hall–Kier alpha value is -2.42. The van der Waals surface area contributed by atoms with Crippen LogP contribution in [0, 0.1) is 0 Å². The molecule has 1 atom stereocenters. The van der Waals surface area contributed by atoms with Gasteiger partial charge in [0, 0.05) is 13.1 Å². The highest BCUT2D eigenvalue weighted by Crippen LogP contribution is 2.20. The molecule has 0 aliphatic carbocycles. The van der Waals surface area contributed by atoms with Gasteiger partial charge in [0.2, 0.25) is 0 Å². The van der Waals surface area contributed by atoms with Crippen molar-refractivity contribution < 1.29 is 17.6 Å². The number of anilines is 1. The highest BCUT2D eigenvalue weighted by molar-refractivity contribution is 7.91. The Bertz CT molecular complexity index is 803. The van der Waals surface area contributed by atoms with Crippen LogP contribution in [0.5, 0.6) is 0 Å². The molecular formula is C15H18N4O4S. The van der Waals surface area contributed by atoms with Gasteiger partial charge in [-0.05, 0) is 18.6 Å². The number of rotatable bonds is 5. The maximum atomic E-state index is 12.0. The second-order valence-corrected chi connectivity index (χ2v) is 7.92. The summed E-state index contributed by atoms with van der Waals surface area (Å²) >= 11 is 0. The molecule has 24 heavy (non-hydrogen) atoms. The van der Waals surface area contributed by atoms with Gasteiger partial charge in [-0.1, -0.05) is 0 Å². The van der Waals surface area contributed by atoms with Crippen LogP contribution in [0.4, 0.5) is 5.82 Å². The number of hydrogen-bond donors (Lipinski definition) is 1. The fourth-order valence-corrected chi connectivity index (χ4v) is 4.33. The molecule has 0 saturated carbocycles. The molecule has 8 nitrogen and oxygen atoms in total. The summed E-state index contributed by atoms with van der Waals surface area (Å²) < 4.78 is 28.3. The summed E-state index contributed by atoms with van der Waals surface area (Å²) in [4.78, 5) is 22.1. The molecular weight excluding hydrogens is 332 g/mol. The van der Waals surface area contributed by atoms with Crippen LogP contribution in [0.1, 0.15) is 22.7 Å². The third kappa shape index (κ3) is 3.73. The lowest BCUT2D eigenvalue weighted by Gasteiger charge is -2.23. The molecule has 0 aromatic carbocycles. The number of carbonyl (C=O) groups is 1. The predicted octanol–water partition coefficient (Wildman–Crippen LogP) is 0.623. The molecule has 9 heteroatoms. The summed E-state index contributed by atoms with van der Waals surface area (Å²) in [5, 5.41) is 2.69. The molecule has 1 aliphatic heterocycles. The second kappa shape index (κ2) is 6.60. The molecule has 2 aromatic heterocycles. The number of nitrogens with one attached hydrogen (secondary N) is 1. The fraction of sp³-hybridized carbons (Fsp3) is 0.400. The van der Waals surface area contributed by atoms with E-state index in [1.54, 1.807) is 24.1 Å². The highest BCUT2D eigenvalue weighted by atomic mass is 32.2. The van der Waals surface area contributed by atoms with Crippen molar-refractivity contribution in [3.8, 4) is 0 Å². The molecule has 2 aromatic rings. The van der Waals surface area contributed by atoms with E-state index in [9.17, 15) is 13.2 Å². The van der Waals surface area contributed by atoms with Gasteiger partial charge in [-0.25, -0.2) is 18.4 Å². The van der Waals surface area contributed by atoms with Gasteiger partial charge in [0.25, 0.3) is 5.91 Å². The van der Waals surface area contributed by atoms with Gasteiger partial charge < -0.3 is 14.6 Å². The van der Waals surface area contributed by atoms with E-state index in [4.69, 9.17) is 4.42 Å². The van der Waals surface area contributed by atoms with E-state index in [2.05, 4.69) is 15.3 Å². The quantitative estimate of drug-likeness (QED) is 0.843. The van der Waals surface area contributed by atoms with Gasteiger partial charge in [-0.2, -0.15) is 0 Å². The third-order valence-corrected chi connectivity index (χ3v) is 5.74. The number of sulfone groups is 1. The fourth-order valence-electron chi connectivity index (χ4n) is 2.56. The third-order valence-electron chi connectivity index (χ3n) is 3.99. The van der Waals surface area contributed by atoms with Gasteiger partial charge >= 0.3 is 0 Å². The molecule has 0 spiro atoms. The van der Waals surface area contributed by atoms with E-state index in [0.29, 0.717) is 18.0 Å². The topological polar surface area (TPSA) is 105 Å². The molecule has 3 rings (SSSR count). The molecule has 3 heterocycles. The molecule has 128 valence electrons. The zero-order valence-corrected chi connectivity index (χ0v) is 14.0. The van der Waals surface area contributed by atoms with E-state index in [1.165, 1.54) is 18.7 Å². The van der Waals surface area contributed by atoms with E-state index >= 15 is 0 Å². The smallest absolute Gasteiger partial charge is 0.271 e. The van der Waals surface area contributed by atoms with E-state index in [1.807, 2.05) is 0 Å². The Labute approximate surface area is 139 Å². The SMILES string of the molecule is CN(c1cnc(C(=O)NCc2ccco2)cn1)C1CCS(=O)(=O)C1. The van der Waals surface area contributed by atoms with Gasteiger partial charge in [-0.3, -0.25) is 4.79 Å². The normalized spacial score (nSPS) is 19.1. The molecule has 0 bridgehead atoms. The second-order valence-electron chi connectivity index (χ2n) is 5.69.